The van der Waals surface area contributed by atoms with Crippen LogP contribution in [0.3, 0.4) is 0 Å². The van der Waals surface area contributed by atoms with Crippen LogP contribution in [0.4, 0.5) is 10.5 Å². The molecule has 1 fully saturated rings. The highest BCUT2D eigenvalue weighted by molar-refractivity contribution is 8.18. The molecule has 0 saturated carbocycles. The van der Waals surface area contributed by atoms with E-state index < -0.39 is 16.8 Å². The number of rotatable bonds is 7. The van der Waals surface area contributed by atoms with Crippen molar-refractivity contribution in [3.8, 4) is 11.5 Å². The molecule has 0 spiro atoms. The van der Waals surface area contributed by atoms with Crippen LogP contribution in [0.25, 0.3) is 6.08 Å². The molecule has 36 heavy (non-hydrogen) atoms. The van der Waals surface area contributed by atoms with Crippen molar-refractivity contribution in [1.29, 1.82) is 0 Å². The summed E-state index contributed by atoms with van der Waals surface area (Å²) in [6.07, 6.45) is 1.55. The van der Waals surface area contributed by atoms with Gasteiger partial charge in [-0.3, -0.25) is 24.6 Å². The van der Waals surface area contributed by atoms with Crippen LogP contribution in [0.2, 0.25) is 5.02 Å². The minimum absolute atomic E-state index is 0.119. The maximum atomic E-state index is 12.8. The van der Waals surface area contributed by atoms with Gasteiger partial charge in [-0.25, -0.2) is 4.79 Å². The zero-order valence-corrected chi connectivity index (χ0v) is 20.2. The van der Waals surface area contributed by atoms with E-state index in [1.807, 2.05) is 0 Å². The lowest BCUT2D eigenvalue weighted by Crippen LogP contribution is -2.27. The van der Waals surface area contributed by atoms with Crippen molar-refractivity contribution in [3.05, 3.63) is 103 Å². The van der Waals surface area contributed by atoms with E-state index in [-0.39, 0.29) is 39.4 Å². The molecule has 3 aromatic carbocycles. The van der Waals surface area contributed by atoms with E-state index >= 15 is 0 Å². The molecule has 4 rings (SSSR count). The number of hydrogen-bond acceptors (Lipinski definition) is 8. The number of thioether (sulfide) groups is 1. The van der Waals surface area contributed by atoms with Crippen molar-refractivity contribution >= 4 is 52.2 Å². The third-order valence-corrected chi connectivity index (χ3v) is 6.29. The first-order valence-electron chi connectivity index (χ1n) is 10.4. The maximum absolute atomic E-state index is 12.8. The molecule has 3 aromatic rings. The predicted molar refractivity (Wildman–Crippen MR) is 134 cm³/mol. The quantitative estimate of drug-likeness (QED) is 0.127. The van der Waals surface area contributed by atoms with E-state index in [4.69, 9.17) is 21.1 Å². The average molecular weight is 525 g/mol. The number of nitrogens with zero attached hydrogens (tertiary/aromatic N) is 2. The molecule has 0 atom stereocenters. The lowest BCUT2D eigenvalue weighted by Gasteiger charge is -2.12. The van der Waals surface area contributed by atoms with E-state index in [0.29, 0.717) is 10.6 Å². The van der Waals surface area contributed by atoms with Gasteiger partial charge in [0.1, 0.15) is 0 Å². The van der Waals surface area contributed by atoms with Gasteiger partial charge in [0.2, 0.25) is 0 Å². The third kappa shape index (κ3) is 5.56. The summed E-state index contributed by atoms with van der Waals surface area (Å²) in [6, 6.07) is 16.5. The number of carbonyl (C=O) groups is 3. The molecule has 1 saturated heterocycles. The molecule has 0 N–H and O–H groups in total. The van der Waals surface area contributed by atoms with E-state index in [1.165, 1.54) is 37.4 Å². The van der Waals surface area contributed by atoms with Crippen molar-refractivity contribution < 1.29 is 28.8 Å². The Morgan fingerprint density at radius 2 is 1.75 bits per heavy atom. The summed E-state index contributed by atoms with van der Waals surface area (Å²) < 4.78 is 10.7. The first kappa shape index (κ1) is 25.0. The van der Waals surface area contributed by atoms with Crippen molar-refractivity contribution in [2.75, 3.05) is 7.11 Å². The summed E-state index contributed by atoms with van der Waals surface area (Å²) >= 11 is 6.72. The van der Waals surface area contributed by atoms with Gasteiger partial charge in [-0.05, 0) is 65.4 Å². The van der Waals surface area contributed by atoms with Crippen LogP contribution in [0, 0.1) is 10.1 Å². The molecule has 1 heterocycles. The fourth-order valence-electron chi connectivity index (χ4n) is 3.30. The van der Waals surface area contributed by atoms with Crippen molar-refractivity contribution in [2.45, 2.75) is 6.54 Å². The minimum atomic E-state index is -0.723. The molecule has 9 nitrogen and oxygen atoms in total. The van der Waals surface area contributed by atoms with Crippen LogP contribution >= 0.6 is 23.4 Å². The molecule has 2 amide bonds. The Morgan fingerprint density at radius 1 is 1.06 bits per heavy atom. The summed E-state index contributed by atoms with van der Waals surface area (Å²) in [5, 5.41) is 11.0. The van der Waals surface area contributed by atoms with Gasteiger partial charge in [0.25, 0.3) is 16.8 Å². The lowest BCUT2D eigenvalue weighted by atomic mass is 10.1. The van der Waals surface area contributed by atoms with Crippen molar-refractivity contribution in [3.63, 3.8) is 0 Å². The molecule has 0 aromatic heterocycles. The molecule has 182 valence electrons. The summed E-state index contributed by atoms with van der Waals surface area (Å²) in [5.41, 5.74) is 1.30. The molecule has 0 aliphatic carbocycles. The molecule has 1 aliphatic rings. The molecule has 1 aliphatic heterocycles. The Balaban J connectivity index is 1.49. The number of nitro groups is 1. The third-order valence-electron chi connectivity index (χ3n) is 5.13. The zero-order valence-electron chi connectivity index (χ0n) is 18.7. The number of halogens is 1. The highest BCUT2D eigenvalue weighted by Gasteiger charge is 2.35. The van der Waals surface area contributed by atoms with Crippen LogP contribution in [-0.2, 0) is 11.3 Å². The highest BCUT2D eigenvalue weighted by atomic mass is 35.5. The fourth-order valence-corrected chi connectivity index (χ4v) is 4.26. The Labute approximate surface area is 214 Å². The smallest absolute Gasteiger partial charge is 0.343 e. The monoisotopic (exact) mass is 524 g/mol. The number of nitro benzene ring substituents is 1. The number of hydrogen-bond donors (Lipinski definition) is 0. The number of methoxy groups -OCH3 is 1. The SMILES string of the molecule is COc1cc(/C=C2\SC(=O)N(Cc3ccc(Cl)cc3)C2=O)ccc1OC(=O)c1ccc([N+](=O)[O-])cc1. The van der Waals surface area contributed by atoms with Gasteiger partial charge in [-0.15, -0.1) is 0 Å². The molecular formula is C25H17ClN2O7S. The Hall–Kier alpha value is -4.15. The summed E-state index contributed by atoms with van der Waals surface area (Å²) in [4.78, 5) is 49.3. The number of imide groups is 1. The second kappa shape index (κ2) is 10.6. The van der Waals surface area contributed by atoms with Gasteiger partial charge in [0.05, 0.1) is 29.0 Å². The number of carbonyl (C=O) groups excluding carboxylic acids is 3. The van der Waals surface area contributed by atoms with Gasteiger partial charge in [-0.1, -0.05) is 29.8 Å². The summed E-state index contributed by atoms with van der Waals surface area (Å²) in [7, 11) is 1.39. The first-order chi connectivity index (χ1) is 17.2. The molecule has 0 unspecified atom stereocenters. The van der Waals surface area contributed by atoms with Gasteiger partial charge >= 0.3 is 5.97 Å². The van der Waals surface area contributed by atoms with Crippen LogP contribution < -0.4 is 9.47 Å². The largest absolute Gasteiger partial charge is 0.493 e. The maximum Gasteiger partial charge on any atom is 0.343 e. The van der Waals surface area contributed by atoms with Gasteiger partial charge < -0.3 is 9.47 Å². The number of esters is 1. The first-order valence-corrected chi connectivity index (χ1v) is 11.6. The Morgan fingerprint density at radius 3 is 2.39 bits per heavy atom. The van der Waals surface area contributed by atoms with E-state index in [1.54, 1.807) is 42.5 Å². The molecule has 0 radical (unpaired) electrons. The van der Waals surface area contributed by atoms with E-state index in [2.05, 4.69) is 0 Å². The predicted octanol–water partition coefficient (Wildman–Crippen LogP) is 5.71. The second-order valence-electron chi connectivity index (χ2n) is 7.50. The summed E-state index contributed by atoms with van der Waals surface area (Å²) in [6.45, 7) is 0.125. The van der Waals surface area contributed by atoms with Crippen LogP contribution in [-0.4, -0.2) is 34.0 Å². The number of ether oxygens (including phenoxy) is 2. The van der Waals surface area contributed by atoms with Gasteiger partial charge in [0, 0.05) is 17.2 Å². The Bertz CT molecular complexity index is 1390. The zero-order chi connectivity index (χ0) is 25.8. The minimum Gasteiger partial charge on any atom is -0.493 e. The number of amides is 2. The molecular weight excluding hydrogens is 508 g/mol. The van der Waals surface area contributed by atoms with Crippen LogP contribution in [0.1, 0.15) is 21.5 Å². The molecule has 11 heteroatoms. The van der Waals surface area contributed by atoms with Crippen molar-refractivity contribution in [1.82, 2.24) is 4.90 Å². The number of benzene rings is 3. The fraction of sp³-hybridized carbons (Fsp3) is 0.0800. The van der Waals surface area contributed by atoms with Crippen LogP contribution in [0.5, 0.6) is 11.5 Å². The second-order valence-corrected chi connectivity index (χ2v) is 8.93. The summed E-state index contributed by atoms with van der Waals surface area (Å²) in [5.74, 6) is -0.805. The normalized spacial score (nSPS) is 14.3. The molecule has 0 bridgehead atoms. The van der Waals surface area contributed by atoms with Gasteiger partial charge in [0.15, 0.2) is 11.5 Å². The average Bonchev–Trinajstić information content (AvgIpc) is 3.13. The standard InChI is InChI=1S/C25H17ClN2O7S/c1-34-21-12-16(4-11-20(21)35-24(30)17-5-9-19(10-6-17)28(32)33)13-22-23(29)27(25(31)36-22)14-15-2-7-18(26)8-3-15/h2-13H,14H2,1H3/b22-13-. The Kier molecular flexibility index (Phi) is 7.37. The van der Waals surface area contributed by atoms with Gasteiger partial charge in [-0.2, -0.15) is 0 Å². The van der Waals surface area contributed by atoms with E-state index in [0.717, 1.165) is 22.2 Å². The van der Waals surface area contributed by atoms with E-state index in [9.17, 15) is 24.5 Å². The van der Waals surface area contributed by atoms with Crippen LogP contribution in [0.15, 0.2) is 71.6 Å². The topological polar surface area (TPSA) is 116 Å². The highest BCUT2D eigenvalue weighted by Crippen LogP contribution is 2.35. The van der Waals surface area contributed by atoms with Crippen molar-refractivity contribution in [2.24, 2.45) is 0 Å². The lowest BCUT2D eigenvalue weighted by molar-refractivity contribution is -0.384. The number of non-ortho nitro benzene ring substituents is 1.